The van der Waals surface area contributed by atoms with E-state index in [4.69, 9.17) is 5.73 Å². The highest BCUT2D eigenvalue weighted by atomic mass is 15.1. The fraction of sp³-hybridized carbons (Fsp3) is 0.684. The fourth-order valence-electron chi connectivity index (χ4n) is 3.23. The van der Waals surface area contributed by atoms with E-state index in [1.165, 1.54) is 49.9 Å². The molecule has 1 atom stereocenters. The second kappa shape index (κ2) is 7.42. The van der Waals surface area contributed by atoms with Crippen molar-refractivity contribution in [2.75, 3.05) is 19.6 Å². The Morgan fingerprint density at radius 2 is 1.76 bits per heavy atom. The van der Waals surface area contributed by atoms with Gasteiger partial charge in [-0.25, -0.2) is 0 Å². The summed E-state index contributed by atoms with van der Waals surface area (Å²) in [6, 6.07) is 9.06. The number of hydrogen-bond acceptors (Lipinski definition) is 2. The molecule has 0 aliphatic carbocycles. The fourth-order valence-corrected chi connectivity index (χ4v) is 3.23. The third kappa shape index (κ3) is 4.55. The van der Waals surface area contributed by atoms with Crippen LogP contribution in [0.1, 0.15) is 63.6 Å². The molecule has 2 N–H and O–H groups in total. The van der Waals surface area contributed by atoms with Crippen LogP contribution in [0.5, 0.6) is 0 Å². The molecule has 0 spiro atoms. The summed E-state index contributed by atoms with van der Waals surface area (Å²) in [7, 11) is 0. The van der Waals surface area contributed by atoms with Crippen molar-refractivity contribution in [3.05, 3.63) is 35.4 Å². The Labute approximate surface area is 130 Å². The minimum atomic E-state index is 0.145. The van der Waals surface area contributed by atoms with Crippen molar-refractivity contribution in [1.29, 1.82) is 0 Å². The summed E-state index contributed by atoms with van der Waals surface area (Å²) in [5.74, 6) is 0. The summed E-state index contributed by atoms with van der Waals surface area (Å²) in [4.78, 5) is 2.54. The van der Waals surface area contributed by atoms with Crippen LogP contribution in [-0.4, -0.2) is 24.5 Å². The van der Waals surface area contributed by atoms with Gasteiger partial charge in [0.05, 0.1) is 0 Å². The molecule has 0 radical (unpaired) electrons. The highest BCUT2D eigenvalue weighted by Crippen LogP contribution is 2.34. The number of aryl methyl sites for hydroxylation is 1. The SMILES string of the molecule is CCCc1ccc(C(N)CN2CCC(C)(CC)CC2)cc1. The largest absolute Gasteiger partial charge is 0.323 e. The van der Waals surface area contributed by atoms with E-state index in [2.05, 4.69) is 49.9 Å². The van der Waals surface area contributed by atoms with E-state index in [1.807, 2.05) is 0 Å². The molecule has 21 heavy (non-hydrogen) atoms. The van der Waals surface area contributed by atoms with Gasteiger partial charge < -0.3 is 10.6 Å². The van der Waals surface area contributed by atoms with Gasteiger partial charge in [-0.15, -0.1) is 0 Å². The summed E-state index contributed by atoms with van der Waals surface area (Å²) >= 11 is 0. The van der Waals surface area contributed by atoms with Crippen LogP contribution in [-0.2, 0) is 6.42 Å². The van der Waals surface area contributed by atoms with E-state index in [1.54, 1.807) is 0 Å². The van der Waals surface area contributed by atoms with Gasteiger partial charge in [-0.3, -0.25) is 0 Å². The number of nitrogens with two attached hydrogens (primary N) is 1. The quantitative estimate of drug-likeness (QED) is 0.852. The van der Waals surface area contributed by atoms with Crippen molar-refractivity contribution in [1.82, 2.24) is 4.90 Å². The van der Waals surface area contributed by atoms with Crippen LogP contribution in [0.15, 0.2) is 24.3 Å². The van der Waals surface area contributed by atoms with E-state index in [-0.39, 0.29) is 6.04 Å². The van der Waals surface area contributed by atoms with Crippen molar-refractivity contribution in [3.8, 4) is 0 Å². The average Bonchev–Trinajstić information content (AvgIpc) is 2.51. The molecule has 1 aliphatic rings. The van der Waals surface area contributed by atoms with E-state index in [0.29, 0.717) is 5.41 Å². The van der Waals surface area contributed by atoms with Gasteiger partial charge in [-0.2, -0.15) is 0 Å². The first kappa shape index (κ1) is 16.5. The van der Waals surface area contributed by atoms with Crippen molar-refractivity contribution in [3.63, 3.8) is 0 Å². The predicted molar refractivity (Wildman–Crippen MR) is 91.4 cm³/mol. The van der Waals surface area contributed by atoms with Crippen LogP contribution in [0.4, 0.5) is 0 Å². The molecule has 2 heteroatoms. The molecule has 1 fully saturated rings. The maximum absolute atomic E-state index is 6.41. The Kier molecular flexibility index (Phi) is 5.83. The molecule has 0 saturated carbocycles. The topological polar surface area (TPSA) is 29.3 Å². The van der Waals surface area contributed by atoms with Crippen molar-refractivity contribution in [2.45, 2.75) is 58.9 Å². The lowest BCUT2D eigenvalue weighted by Gasteiger charge is -2.39. The van der Waals surface area contributed by atoms with Crippen molar-refractivity contribution in [2.24, 2.45) is 11.1 Å². The number of likely N-dealkylation sites (tertiary alicyclic amines) is 1. The van der Waals surface area contributed by atoms with E-state index in [0.717, 1.165) is 13.0 Å². The molecule has 0 bridgehead atoms. The molecule has 1 aliphatic heterocycles. The molecule has 1 heterocycles. The Morgan fingerprint density at radius 3 is 2.29 bits per heavy atom. The normalized spacial score (nSPS) is 20.4. The average molecular weight is 288 g/mol. The van der Waals surface area contributed by atoms with E-state index in [9.17, 15) is 0 Å². The summed E-state index contributed by atoms with van der Waals surface area (Å²) in [6.45, 7) is 10.4. The standard InChI is InChI=1S/C19H32N2/c1-4-6-16-7-9-17(10-8-16)18(20)15-21-13-11-19(3,5-2)12-14-21/h7-10,18H,4-6,11-15,20H2,1-3H3. The van der Waals surface area contributed by atoms with E-state index < -0.39 is 0 Å². The van der Waals surface area contributed by atoms with Gasteiger partial charge >= 0.3 is 0 Å². The maximum atomic E-state index is 6.41. The molecule has 1 aromatic carbocycles. The Bertz CT molecular complexity index is 416. The van der Waals surface area contributed by atoms with Crippen LogP contribution in [0.2, 0.25) is 0 Å². The lowest BCUT2D eigenvalue weighted by atomic mass is 9.78. The maximum Gasteiger partial charge on any atom is 0.0424 e. The Balaban J connectivity index is 1.85. The van der Waals surface area contributed by atoms with Crippen molar-refractivity contribution < 1.29 is 0 Å². The summed E-state index contributed by atoms with van der Waals surface area (Å²) in [5.41, 5.74) is 9.66. The summed E-state index contributed by atoms with van der Waals surface area (Å²) in [5, 5.41) is 0. The highest BCUT2D eigenvalue weighted by Gasteiger charge is 2.28. The van der Waals surface area contributed by atoms with Gasteiger partial charge in [0.25, 0.3) is 0 Å². The van der Waals surface area contributed by atoms with Gasteiger partial charge in [0, 0.05) is 12.6 Å². The first-order valence-corrected chi connectivity index (χ1v) is 8.63. The Morgan fingerprint density at radius 1 is 1.14 bits per heavy atom. The lowest BCUT2D eigenvalue weighted by Crippen LogP contribution is -2.41. The van der Waals surface area contributed by atoms with Gasteiger partial charge in [0.1, 0.15) is 0 Å². The number of piperidine rings is 1. The summed E-state index contributed by atoms with van der Waals surface area (Å²) < 4.78 is 0. The van der Waals surface area contributed by atoms with Crippen molar-refractivity contribution >= 4 is 0 Å². The monoisotopic (exact) mass is 288 g/mol. The predicted octanol–water partition coefficient (Wildman–Crippen LogP) is 4.15. The second-order valence-electron chi connectivity index (χ2n) is 7.06. The number of benzene rings is 1. The molecule has 0 aromatic heterocycles. The minimum Gasteiger partial charge on any atom is -0.323 e. The smallest absolute Gasteiger partial charge is 0.0424 e. The number of nitrogens with zero attached hydrogens (tertiary/aromatic N) is 1. The molecule has 1 aromatic rings. The zero-order valence-electron chi connectivity index (χ0n) is 14.1. The Hall–Kier alpha value is -0.860. The zero-order valence-corrected chi connectivity index (χ0v) is 14.1. The third-order valence-electron chi connectivity index (χ3n) is 5.32. The molecule has 0 amide bonds. The number of rotatable bonds is 6. The highest BCUT2D eigenvalue weighted by molar-refractivity contribution is 5.25. The van der Waals surface area contributed by atoms with Gasteiger partial charge in [0.2, 0.25) is 0 Å². The lowest BCUT2D eigenvalue weighted by molar-refractivity contribution is 0.110. The molecular formula is C19H32N2. The second-order valence-corrected chi connectivity index (χ2v) is 7.06. The first-order valence-electron chi connectivity index (χ1n) is 8.63. The first-order chi connectivity index (χ1) is 10.1. The molecule has 2 nitrogen and oxygen atoms in total. The van der Waals surface area contributed by atoms with Crippen LogP contribution >= 0.6 is 0 Å². The van der Waals surface area contributed by atoms with Crippen LogP contribution in [0, 0.1) is 5.41 Å². The summed E-state index contributed by atoms with van der Waals surface area (Å²) in [6.07, 6.45) is 6.29. The van der Waals surface area contributed by atoms with Crippen LogP contribution in [0.25, 0.3) is 0 Å². The molecule has 2 rings (SSSR count). The molecule has 1 saturated heterocycles. The zero-order chi connectivity index (χ0) is 15.3. The minimum absolute atomic E-state index is 0.145. The molecular weight excluding hydrogens is 256 g/mol. The van der Waals surface area contributed by atoms with Gasteiger partial charge in [-0.1, -0.05) is 57.9 Å². The van der Waals surface area contributed by atoms with Gasteiger partial charge in [0.15, 0.2) is 0 Å². The van der Waals surface area contributed by atoms with Crippen LogP contribution < -0.4 is 5.73 Å². The molecule has 118 valence electrons. The molecule has 1 unspecified atom stereocenters. The van der Waals surface area contributed by atoms with E-state index >= 15 is 0 Å². The van der Waals surface area contributed by atoms with Crippen LogP contribution in [0.3, 0.4) is 0 Å². The number of hydrogen-bond donors (Lipinski definition) is 1. The third-order valence-corrected chi connectivity index (χ3v) is 5.32. The van der Waals surface area contributed by atoms with Gasteiger partial charge in [-0.05, 0) is 48.9 Å².